The van der Waals surface area contributed by atoms with E-state index >= 15 is 0 Å². The van der Waals surface area contributed by atoms with Crippen molar-refractivity contribution in [3.05, 3.63) is 43.6 Å². The normalized spacial score (nSPS) is 11.0. The Hall–Kier alpha value is -2.42. The zero-order valence-corrected chi connectivity index (χ0v) is 12.8. The highest BCUT2D eigenvalue weighted by Gasteiger charge is 2.13. The number of hydrogen-bond acceptors (Lipinski definition) is 5. The van der Waals surface area contributed by atoms with Crippen molar-refractivity contribution in [1.29, 1.82) is 0 Å². The molecule has 0 aromatic carbocycles. The first-order valence-corrected chi connectivity index (χ1v) is 6.81. The maximum Gasteiger partial charge on any atom is 0.332 e. The van der Waals surface area contributed by atoms with Crippen LogP contribution in [0.3, 0.4) is 0 Å². The predicted octanol–water partition coefficient (Wildman–Crippen LogP) is 0.861. The summed E-state index contributed by atoms with van der Waals surface area (Å²) in [6, 6.07) is 3.58. The van der Waals surface area contributed by atoms with Crippen LogP contribution in [0.15, 0.2) is 32.4 Å². The summed E-state index contributed by atoms with van der Waals surface area (Å²) in [6.45, 7) is 0. The van der Waals surface area contributed by atoms with E-state index in [0.29, 0.717) is 17.4 Å². The second kappa shape index (κ2) is 4.85. The molecule has 0 atom stereocenters. The Kier molecular flexibility index (Phi) is 3.13. The molecular formula is C12H11BrN6O2. The first-order chi connectivity index (χ1) is 9.97. The minimum atomic E-state index is -0.424. The van der Waals surface area contributed by atoms with Gasteiger partial charge in [0, 0.05) is 24.8 Å². The van der Waals surface area contributed by atoms with Gasteiger partial charge in [-0.1, -0.05) is 0 Å². The molecule has 3 aromatic rings. The molecule has 9 heteroatoms. The van der Waals surface area contributed by atoms with Crippen LogP contribution in [0.5, 0.6) is 0 Å². The number of hydrogen-bond donors (Lipinski definition) is 2. The van der Waals surface area contributed by atoms with E-state index in [1.165, 1.54) is 11.6 Å². The molecule has 0 aliphatic carbocycles. The van der Waals surface area contributed by atoms with Crippen molar-refractivity contribution < 1.29 is 0 Å². The number of imidazole rings is 1. The lowest BCUT2D eigenvalue weighted by Gasteiger charge is -2.00. The lowest BCUT2D eigenvalue weighted by Crippen LogP contribution is -2.36. The van der Waals surface area contributed by atoms with Gasteiger partial charge in [0.1, 0.15) is 5.82 Å². The molecule has 21 heavy (non-hydrogen) atoms. The quantitative estimate of drug-likeness (QED) is 0.714. The minimum Gasteiger partial charge on any atom is -0.318 e. The molecule has 0 saturated heterocycles. The van der Waals surface area contributed by atoms with E-state index in [1.54, 1.807) is 19.3 Å². The molecule has 0 bridgehead atoms. The van der Waals surface area contributed by atoms with Crippen LogP contribution in [0.25, 0.3) is 11.2 Å². The monoisotopic (exact) mass is 350 g/mol. The van der Waals surface area contributed by atoms with Gasteiger partial charge in [0.25, 0.3) is 5.56 Å². The summed E-state index contributed by atoms with van der Waals surface area (Å²) < 4.78 is 3.20. The molecule has 108 valence electrons. The zero-order valence-electron chi connectivity index (χ0n) is 11.2. The number of aromatic nitrogens is 5. The molecule has 3 rings (SSSR count). The highest BCUT2D eigenvalue weighted by molar-refractivity contribution is 9.10. The van der Waals surface area contributed by atoms with Crippen molar-refractivity contribution in [2.75, 3.05) is 5.32 Å². The first-order valence-electron chi connectivity index (χ1n) is 6.01. The van der Waals surface area contributed by atoms with Crippen LogP contribution >= 0.6 is 15.9 Å². The van der Waals surface area contributed by atoms with E-state index in [9.17, 15) is 9.59 Å². The van der Waals surface area contributed by atoms with Gasteiger partial charge in [0.05, 0.1) is 0 Å². The van der Waals surface area contributed by atoms with Gasteiger partial charge >= 0.3 is 5.69 Å². The van der Waals surface area contributed by atoms with Crippen molar-refractivity contribution in [3.63, 3.8) is 0 Å². The van der Waals surface area contributed by atoms with Crippen LogP contribution < -0.4 is 16.6 Å². The molecule has 3 heterocycles. The predicted molar refractivity (Wildman–Crippen MR) is 81.8 cm³/mol. The molecule has 0 aliphatic rings. The van der Waals surface area contributed by atoms with Gasteiger partial charge in [-0.15, -0.1) is 0 Å². The number of aryl methyl sites for hydroxylation is 1. The Labute approximate surface area is 126 Å². The standard InChI is InChI=1S/C12H11BrN6O2/c1-18-9-8(10(20)19(2)12(18)21)16-11(17-9)15-7-4-3-6(13)5-14-7/h3-5H,1-2H3,(H2,14,15,16,17). The molecule has 2 N–H and O–H groups in total. The molecule has 0 amide bonds. The topological polar surface area (TPSA) is 97.6 Å². The Morgan fingerprint density at radius 2 is 2.00 bits per heavy atom. The SMILES string of the molecule is Cn1c(=O)c2[nH]c(Nc3ccc(Br)cn3)nc2n(C)c1=O. The number of nitrogens with one attached hydrogen (secondary N) is 2. The Bertz CT molecular complexity index is 937. The molecule has 0 fully saturated rings. The molecular weight excluding hydrogens is 340 g/mol. The van der Waals surface area contributed by atoms with Crippen LogP contribution in [0.1, 0.15) is 0 Å². The largest absolute Gasteiger partial charge is 0.332 e. The average Bonchev–Trinajstić information content (AvgIpc) is 2.89. The maximum absolute atomic E-state index is 12.0. The summed E-state index contributed by atoms with van der Waals surface area (Å²) in [6.07, 6.45) is 1.64. The summed E-state index contributed by atoms with van der Waals surface area (Å²) in [5.74, 6) is 0.914. The average molecular weight is 351 g/mol. The number of halogens is 1. The molecule has 8 nitrogen and oxygen atoms in total. The van der Waals surface area contributed by atoms with Gasteiger partial charge in [-0.2, -0.15) is 4.98 Å². The Morgan fingerprint density at radius 1 is 1.24 bits per heavy atom. The van der Waals surface area contributed by atoms with Crippen LogP contribution in [-0.2, 0) is 14.1 Å². The lowest BCUT2D eigenvalue weighted by molar-refractivity contribution is 0.709. The third-order valence-corrected chi connectivity index (χ3v) is 3.54. The lowest BCUT2D eigenvalue weighted by atomic mass is 10.5. The Balaban J connectivity index is 2.12. The van der Waals surface area contributed by atoms with E-state index < -0.39 is 11.2 Å². The van der Waals surface area contributed by atoms with Gasteiger partial charge in [-0.3, -0.25) is 13.9 Å². The van der Waals surface area contributed by atoms with E-state index in [4.69, 9.17) is 0 Å². The third kappa shape index (κ3) is 2.25. The van der Waals surface area contributed by atoms with Crippen molar-refractivity contribution in [2.24, 2.45) is 14.1 Å². The number of fused-ring (bicyclic) bond motifs is 1. The number of H-pyrrole nitrogens is 1. The van der Waals surface area contributed by atoms with Gasteiger partial charge in [0.15, 0.2) is 11.2 Å². The summed E-state index contributed by atoms with van der Waals surface area (Å²) in [5, 5.41) is 2.95. The van der Waals surface area contributed by atoms with Crippen LogP contribution in [0.4, 0.5) is 11.8 Å². The molecule has 0 aliphatic heterocycles. The maximum atomic E-state index is 12.0. The molecule has 0 radical (unpaired) electrons. The van der Waals surface area contributed by atoms with Gasteiger partial charge in [-0.25, -0.2) is 9.78 Å². The van der Waals surface area contributed by atoms with Gasteiger partial charge < -0.3 is 10.3 Å². The van der Waals surface area contributed by atoms with Crippen LogP contribution in [0, 0.1) is 0 Å². The molecule has 0 spiro atoms. The fraction of sp³-hybridized carbons (Fsp3) is 0.167. The second-order valence-electron chi connectivity index (χ2n) is 4.48. The number of pyridine rings is 1. The van der Waals surface area contributed by atoms with Crippen LogP contribution in [0.2, 0.25) is 0 Å². The summed E-state index contributed by atoms with van der Waals surface area (Å²) >= 11 is 3.30. The fourth-order valence-electron chi connectivity index (χ4n) is 1.96. The van der Waals surface area contributed by atoms with Gasteiger partial charge in [-0.05, 0) is 28.1 Å². The fourth-order valence-corrected chi connectivity index (χ4v) is 2.19. The van der Waals surface area contributed by atoms with Crippen molar-refractivity contribution >= 4 is 38.9 Å². The van der Waals surface area contributed by atoms with E-state index in [0.717, 1.165) is 9.04 Å². The van der Waals surface area contributed by atoms with E-state index in [1.807, 2.05) is 6.07 Å². The molecule has 3 aromatic heterocycles. The highest BCUT2D eigenvalue weighted by atomic mass is 79.9. The first kappa shape index (κ1) is 13.6. The van der Waals surface area contributed by atoms with Crippen molar-refractivity contribution in [2.45, 2.75) is 0 Å². The van der Waals surface area contributed by atoms with E-state index in [2.05, 4.69) is 36.2 Å². The number of aromatic amines is 1. The summed E-state index contributed by atoms with van der Waals surface area (Å²) in [5.41, 5.74) is -0.286. The van der Waals surface area contributed by atoms with Gasteiger partial charge in [0.2, 0.25) is 5.95 Å². The second-order valence-corrected chi connectivity index (χ2v) is 5.39. The van der Waals surface area contributed by atoms with Crippen LogP contribution in [-0.4, -0.2) is 24.1 Å². The third-order valence-electron chi connectivity index (χ3n) is 3.07. The Morgan fingerprint density at radius 3 is 2.67 bits per heavy atom. The highest BCUT2D eigenvalue weighted by Crippen LogP contribution is 2.15. The minimum absolute atomic E-state index is 0.263. The number of anilines is 2. The number of rotatable bonds is 2. The van der Waals surface area contributed by atoms with E-state index in [-0.39, 0.29) is 5.52 Å². The van der Waals surface area contributed by atoms with Crippen molar-refractivity contribution in [1.82, 2.24) is 24.1 Å². The summed E-state index contributed by atoms with van der Waals surface area (Å²) in [7, 11) is 2.99. The zero-order chi connectivity index (χ0) is 15.1. The molecule has 0 saturated carbocycles. The smallest absolute Gasteiger partial charge is 0.318 e. The summed E-state index contributed by atoms with van der Waals surface area (Å²) in [4.78, 5) is 35.1. The van der Waals surface area contributed by atoms with Crippen molar-refractivity contribution in [3.8, 4) is 0 Å². The number of nitrogens with zero attached hydrogens (tertiary/aromatic N) is 4. The molecule has 0 unspecified atom stereocenters.